The first kappa shape index (κ1) is 33.5. The summed E-state index contributed by atoms with van der Waals surface area (Å²) in [5.74, 6) is 0.155. The first-order valence-electron chi connectivity index (χ1n) is 14.3. The van der Waals surface area contributed by atoms with E-state index in [1.807, 2.05) is 58.9 Å². The van der Waals surface area contributed by atoms with E-state index < -0.39 is 28.5 Å². The maximum atomic E-state index is 14.2. The van der Waals surface area contributed by atoms with E-state index in [0.717, 1.165) is 21.0 Å². The lowest BCUT2D eigenvalue weighted by Crippen LogP contribution is -2.52. The van der Waals surface area contributed by atoms with Crippen molar-refractivity contribution < 1.29 is 27.5 Å². The van der Waals surface area contributed by atoms with Crippen molar-refractivity contribution in [1.29, 1.82) is 0 Å². The number of carbonyl (C=O) groups is 2. The Morgan fingerprint density at radius 3 is 1.98 bits per heavy atom. The highest BCUT2D eigenvalue weighted by molar-refractivity contribution is 7.92. The van der Waals surface area contributed by atoms with E-state index in [1.54, 1.807) is 24.3 Å². The molecular formula is C33H43N3O6S. The molecule has 0 fully saturated rings. The van der Waals surface area contributed by atoms with Crippen LogP contribution in [-0.2, 0) is 26.2 Å². The molecule has 1 atom stereocenters. The smallest absolute Gasteiger partial charge is 0.264 e. The zero-order valence-corrected chi connectivity index (χ0v) is 26.9. The first-order chi connectivity index (χ1) is 20.4. The quantitative estimate of drug-likeness (QED) is 0.273. The molecule has 1 N–H and O–H groups in total. The van der Waals surface area contributed by atoms with Gasteiger partial charge in [0.05, 0.1) is 24.8 Å². The van der Waals surface area contributed by atoms with E-state index in [9.17, 15) is 18.0 Å². The van der Waals surface area contributed by atoms with Crippen molar-refractivity contribution in [2.75, 3.05) is 31.6 Å². The fourth-order valence-electron chi connectivity index (χ4n) is 4.58. The summed E-state index contributed by atoms with van der Waals surface area (Å²) < 4.78 is 40.1. The molecule has 0 aliphatic heterocycles. The molecule has 0 radical (unpaired) electrons. The predicted octanol–water partition coefficient (Wildman–Crippen LogP) is 5.10. The van der Waals surface area contributed by atoms with Crippen molar-refractivity contribution in [3.05, 3.63) is 83.4 Å². The molecule has 43 heavy (non-hydrogen) atoms. The van der Waals surface area contributed by atoms with Gasteiger partial charge in [-0.25, -0.2) is 8.42 Å². The molecule has 0 aromatic heterocycles. The number of nitrogens with one attached hydrogen (secondary N) is 1. The van der Waals surface area contributed by atoms with Gasteiger partial charge in [-0.1, -0.05) is 68.3 Å². The summed E-state index contributed by atoms with van der Waals surface area (Å²) in [5, 5.41) is 2.94. The second kappa shape index (κ2) is 14.9. The molecular weight excluding hydrogens is 566 g/mol. The molecule has 0 aliphatic carbocycles. The zero-order valence-electron chi connectivity index (χ0n) is 26.1. The maximum absolute atomic E-state index is 14.2. The van der Waals surface area contributed by atoms with Gasteiger partial charge in [0.2, 0.25) is 11.8 Å². The van der Waals surface area contributed by atoms with E-state index in [4.69, 9.17) is 9.47 Å². The van der Waals surface area contributed by atoms with Crippen LogP contribution in [0.15, 0.2) is 71.6 Å². The van der Waals surface area contributed by atoms with Crippen LogP contribution in [0.3, 0.4) is 0 Å². The number of hydrogen-bond donors (Lipinski definition) is 1. The van der Waals surface area contributed by atoms with Crippen LogP contribution in [0.4, 0.5) is 5.69 Å². The molecule has 0 saturated carbocycles. The van der Waals surface area contributed by atoms with Crippen LogP contribution in [0.1, 0.15) is 43.9 Å². The van der Waals surface area contributed by atoms with Gasteiger partial charge in [0.1, 0.15) is 12.6 Å². The van der Waals surface area contributed by atoms with Crippen molar-refractivity contribution in [2.45, 2.75) is 58.5 Å². The number of anilines is 1. The monoisotopic (exact) mass is 609 g/mol. The third kappa shape index (κ3) is 8.50. The lowest BCUT2D eigenvalue weighted by molar-refractivity contribution is -0.140. The highest BCUT2D eigenvalue weighted by Crippen LogP contribution is 2.34. The van der Waals surface area contributed by atoms with Crippen molar-refractivity contribution >= 4 is 27.5 Å². The lowest BCUT2D eigenvalue weighted by Gasteiger charge is -2.33. The third-order valence-electron chi connectivity index (χ3n) is 7.09. The highest BCUT2D eigenvalue weighted by Gasteiger charge is 2.34. The summed E-state index contributed by atoms with van der Waals surface area (Å²) in [7, 11) is -1.27. The fraction of sp³-hybridized carbons (Fsp3) is 0.394. The molecule has 0 heterocycles. The Hall–Kier alpha value is -4.05. The minimum atomic E-state index is -4.21. The molecule has 10 heteroatoms. The molecule has 0 bridgehead atoms. The van der Waals surface area contributed by atoms with Gasteiger partial charge in [0.15, 0.2) is 11.5 Å². The maximum Gasteiger partial charge on any atom is 0.264 e. The van der Waals surface area contributed by atoms with Gasteiger partial charge < -0.3 is 19.7 Å². The van der Waals surface area contributed by atoms with Crippen LogP contribution in [0.25, 0.3) is 0 Å². The molecule has 0 unspecified atom stereocenters. The second-order valence-electron chi connectivity index (χ2n) is 10.9. The summed E-state index contributed by atoms with van der Waals surface area (Å²) in [6.45, 7) is 9.72. The van der Waals surface area contributed by atoms with Gasteiger partial charge >= 0.3 is 0 Å². The fourth-order valence-corrected chi connectivity index (χ4v) is 5.98. The van der Waals surface area contributed by atoms with Gasteiger partial charge in [-0.15, -0.1) is 0 Å². The Bertz CT molecular complexity index is 1490. The van der Waals surface area contributed by atoms with Crippen molar-refractivity contribution in [1.82, 2.24) is 10.2 Å². The first-order valence-corrected chi connectivity index (χ1v) is 15.8. The molecule has 3 rings (SSSR count). The number of sulfonamides is 1. The van der Waals surface area contributed by atoms with Crippen molar-refractivity contribution in [3.8, 4) is 11.5 Å². The molecule has 0 spiro atoms. The zero-order chi connectivity index (χ0) is 31.7. The number of rotatable bonds is 14. The number of benzene rings is 3. The summed E-state index contributed by atoms with van der Waals surface area (Å²) in [6.07, 6.45) is 0.350. The van der Waals surface area contributed by atoms with Crippen LogP contribution >= 0.6 is 0 Å². The van der Waals surface area contributed by atoms with Crippen molar-refractivity contribution in [3.63, 3.8) is 0 Å². The second-order valence-corrected chi connectivity index (χ2v) is 12.8. The largest absolute Gasteiger partial charge is 0.493 e. The topological polar surface area (TPSA) is 105 Å². The third-order valence-corrected chi connectivity index (χ3v) is 8.88. The predicted molar refractivity (Wildman–Crippen MR) is 169 cm³/mol. The number of amides is 2. The Morgan fingerprint density at radius 2 is 1.44 bits per heavy atom. The van der Waals surface area contributed by atoms with Crippen LogP contribution in [-0.4, -0.2) is 58.5 Å². The van der Waals surface area contributed by atoms with E-state index in [0.29, 0.717) is 24.5 Å². The van der Waals surface area contributed by atoms with E-state index in [1.165, 1.54) is 37.3 Å². The van der Waals surface area contributed by atoms with Gasteiger partial charge in [0, 0.05) is 19.2 Å². The molecule has 3 aromatic carbocycles. The highest BCUT2D eigenvalue weighted by atomic mass is 32.2. The summed E-state index contributed by atoms with van der Waals surface area (Å²) in [4.78, 5) is 29.1. The SMILES string of the molecule is CC[C@@H](C(=O)NCC(C)C)N(Cc1ccc(C)cc1)C(=O)CN(c1ccc(OC)c(OC)c1)S(=O)(=O)c1ccc(C)cc1. The normalized spacial score (nSPS) is 12.0. The van der Waals surface area contributed by atoms with E-state index in [2.05, 4.69) is 5.32 Å². The molecule has 3 aromatic rings. The molecule has 0 saturated heterocycles. The number of hydrogen-bond acceptors (Lipinski definition) is 6. The van der Waals surface area contributed by atoms with E-state index in [-0.39, 0.29) is 29.0 Å². The Labute approximate surface area is 255 Å². The minimum Gasteiger partial charge on any atom is -0.493 e. The minimum absolute atomic E-state index is 0.0347. The Kier molecular flexibility index (Phi) is 11.6. The number of methoxy groups -OCH3 is 2. The number of carbonyl (C=O) groups excluding carboxylic acids is 2. The summed E-state index contributed by atoms with van der Waals surface area (Å²) in [5.41, 5.74) is 3.01. The van der Waals surface area contributed by atoms with Gasteiger partial charge in [-0.2, -0.15) is 0 Å². The number of nitrogens with zero attached hydrogens (tertiary/aromatic N) is 2. The van der Waals surface area contributed by atoms with Crippen LogP contribution < -0.4 is 19.1 Å². The van der Waals surface area contributed by atoms with Gasteiger partial charge in [0.25, 0.3) is 10.0 Å². The Balaban J connectivity index is 2.10. The van der Waals surface area contributed by atoms with Gasteiger partial charge in [-0.3, -0.25) is 13.9 Å². The average Bonchev–Trinajstić information content (AvgIpc) is 2.99. The van der Waals surface area contributed by atoms with E-state index >= 15 is 0 Å². The molecule has 2 amide bonds. The summed E-state index contributed by atoms with van der Waals surface area (Å²) >= 11 is 0. The standard InChI is InChI=1S/C33H43N3O6S/c1-8-29(33(38)34-20-23(2)3)35(21-26-13-9-24(4)10-14-26)32(37)22-36(27-15-18-30(41-6)31(19-27)42-7)43(39,40)28-16-11-25(5)12-17-28/h9-19,23,29H,8,20-22H2,1-7H3,(H,34,38)/t29-/m0/s1. The van der Waals surface area contributed by atoms with Crippen LogP contribution in [0.2, 0.25) is 0 Å². The van der Waals surface area contributed by atoms with Crippen molar-refractivity contribution in [2.24, 2.45) is 5.92 Å². The average molecular weight is 610 g/mol. The number of aryl methyl sites for hydroxylation is 2. The molecule has 9 nitrogen and oxygen atoms in total. The van der Waals surface area contributed by atoms with Crippen LogP contribution in [0.5, 0.6) is 11.5 Å². The molecule has 0 aliphatic rings. The summed E-state index contributed by atoms with van der Waals surface area (Å²) in [6, 6.07) is 18.0. The lowest BCUT2D eigenvalue weighted by atomic mass is 10.1. The van der Waals surface area contributed by atoms with Gasteiger partial charge in [-0.05, 0) is 56.0 Å². The molecule has 232 valence electrons. The van der Waals surface area contributed by atoms with Crippen LogP contribution in [0, 0.1) is 19.8 Å². The number of ether oxygens (including phenoxy) is 2. The Morgan fingerprint density at radius 1 is 0.860 bits per heavy atom.